The van der Waals surface area contributed by atoms with E-state index in [1.54, 1.807) is 24.3 Å². The van der Waals surface area contributed by atoms with Crippen molar-refractivity contribution in [1.29, 1.82) is 0 Å². The average molecular weight is 561 g/mol. The lowest BCUT2D eigenvalue weighted by Gasteiger charge is -2.12. The fourth-order valence-corrected chi connectivity index (χ4v) is 5.23. The molecule has 0 aliphatic carbocycles. The molecule has 0 saturated carbocycles. The number of nitrogens with zero attached hydrogens (tertiary/aromatic N) is 3. The van der Waals surface area contributed by atoms with Gasteiger partial charge in [0.05, 0.1) is 11.4 Å². The van der Waals surface area contributed by atoms with Gasteiger partial charge in [0, 0.05) is 5.02 Å². The number of imidazole rings is 1. The Morgan fingerprint density at radius 2 is 1.69 bits per heavy atom. The Labute approximate surface area is 231 Å². The maximum absolute atomic E-state index is 12.9. The highest BCUT2D eigenvalue weighted by Gasteiger charge is 2.21. The summed E-state index contributed by atoms with van der Waals surface area (Å²) in [5.41, 5.74) is 3.74. The van der Waals surface area contributed by atoms with Crippen LogP contribution in [0.3, 0.4) is 0 Å². The van der Waals surface area contributed by atoms with Gasteiger partial charge in [0.2, 0.25) is 0 Å². The Bertz CT molecular complexity index is 1770. The van der Waals surface area contributed by atoms with Gasteiger partial charge in [-0.1, -0.05) is 65.7 Å². The molecule has 5 rings (SSSR count). The van der Waals surface area contributed by atoms with E-state index >= 15 is 0 Å². The van der Waals surface area contributed by atoms with Crippen LogP contribution in [-0.2, 0) is 23.2 Å². The van der Waals surface area contributed by atoms with Crippen LogP contribution in [-0.4, -0.2) is 28.9 Å². The van der Waals surface area contributed by atoms with Crippen LogP contribution in [0.25, 0.3) is 11.2 Å². The van der Waals surface area contributed by atoms with Gasteiger partial charge in [-0.2, -0.15) is 0 Å². The van der Waals surface area contributed by atoms with Crippen molar-refractivity contribution < 1.29 is 17.9 Å². The molecule has 2 heterocycles. The van der Waals surface area contributed by atoms with Gasteiger partial charge >= 0.3 is 0 Å². The first kappa shape index (κ1) is 26.4. The minimum atomic E-state index is -4.05. The molecule has 198 valence electrons. The highest BCUT2D eigenvalue weighted by atomic mass is 35.5. The zero-order valence-electron chi connectivity index (χ0n) is 21.3. The summed E-state index contributed by atoms with van der Waals surface area (Å²) in [7, 11) is -4.05. The Morgan fingerprint density at radius 1 is 0.949 bits per heavy atom. The molecule has 3 aromatic carbocycles. The van der Waals surface area contributed by atoms with Gasteiger partial charge in [0.25, 0.3) is 15.9 Å². The number of amides is 1. The number of aryl methyl sites for hydroxylation is 2. The number of sulfonamides is 1. The molecule has 0 radical (unpaired) electrons. The minimum Gasteiger partial charge on any atom is -0.489 e. The van der Waals surface area contributed by atoms with E-state index in [2.05, 4.69) is 14.7 Å². The van der Waals surface area contributed by atoms with Gasteiger partial charge in [-0.05, 0) is 61.4 Å². The van der Waals surface area contributed by atoms with Gasteiger partial charge in [-0.15, -0.1) is 0 Å². The number of rotatable bonds is 8. The van der Waals surface area contributed by atoms with Crippen LogP contribution in [0.2, 0.25) is 5.02 Å². The van der Waals surface area contributed by atoms with Crippen molar-refractivity contribution in [3.63, 3.8) is 0 Å². The second-order valence-corrected chi connectivity index (χ2v) is 11.1. The number of fused-ring (bicyclic) bond motifs is 1. The largest absolute Gasteiger partial charge is 0.489 e. The Kier molecular flexibility index (Phi) is 7.36. The third-order valence-corrected chi connectivity index (χ3v) is 7.87. The van der Waals surface area contributed by atoms with Crippen molar-refractivity contribution in [3.05, 3.63) is 118 Å². The van der Waals surface area contributed by atoms with Crippen LogP contribution in [0.15, 0.2) is 89.8 Å². The van der Waals surface area contributed by atoms with Gasteiger partial charge in [0.15, 0.2) is 5.65 Å². The molecule has 5 aromatic rings. The Morgan fingerprint density at radius 3 is 2.41 bits per heavy atom. The van der Waals surface area contributed by atoms with Crippen molar-refractivity contribution in [2.75, 3.05) is 0 Å². The smallest absolute Gasteiger partial charge is 0.283 e. The van der Waals surface area contributed by atoms with E-state index < -0.39 is 15.9 Å². The van der Waals surface area contributed by atoms with Gasteiger partial charge in [-0.25, -0.2) is 23.1 Å². The molecule has 0 saturated heterocycles. The van der Waals surface area contributed by atoms with E-state index in [-0.39, 0.29) is 10.6 Å². The number of halogens is 1. The van der Waals surface area contributed by atoms with Crippen LogP contribution in [0.4, 0.5) is 0 Å². The van der Waals surface area contributed by atoms with E-state index in [9.17, 15) is 13.2 Å². The highest BCUT2D eigenvalue weighted by molar-refractivity contribution is 7.90. The number of ether oxygens (including phenoxy) is 1. The summed E-state index contributed by atoms with van der Waals surface area (Å²) in [6.45, 7) is 4.45. The predicted octanol–water partition coefficient (Wildman–Crippen LogP) is 5.45. The van der Waals surface area contributed by atoms with Crippen LogP contribution < -0.4 is 9.46 Å². The summed E-state index contributed by atoms with van der Waals surface area (Å²) in [4.78, 5) is 21.8. The second-order valence-electron chi connectivity index (χ2n) is 9.06. The van der Waals surface area contributed by atoms with Crippen molar-refractivity contribution in [2.45, 2.75) is 31.9 Å². The lowest BCUT2D eigenvalue weighted by molar-refractivity contribution is 0.0977. The zero-order chi connectivity index (χ0) is 27.6. The van der Waals surface area contributed by atoms with Gasteiger partial charge in [-0.3, -0.25) is 4.79 Å². The first-order valence-electron chi connectivity index (χ1n) is 12.1. The van der Waals surface area contributed by atoms with Crippen LogP contribution in [0.5, 0.6) is 5.75 Å². The topological polar surface area (TPSA) is 103 Å². The number of hydrogen-bond acceptors (Lipinski definition) is 6. The first-order chi connectivity index (χ1) is 18.7. The van der Waals surface area contributed by atoms with E-state index in [1.165, 1.54) is 18.2 Å². The fraction of sp³-hybridized carbons (Fsp3) is 0.138. The molecule has 0 spiro atoms. The summed E-state index contributed by atoms with van der Waals surface area (Å²) < 4.78 is 35.2. The third-order valence-electron chi connectivity index (χ3n) is 6.18. The molecule has 0 bridgehead atoms. The molecule has 0 aliphatic heterocycles. The summed E-state index contributed by atoms with van der Waals surface area (Å²) in [6, 6.07) is 24.6. The molecule has 0 aliphatic rings. The van der Waals surface area contributed by atoms with Crippen molar-refractivity contribution in [3.8, 4) is 5.75 Å². The summed E-state index contributed by atoms with van der Waals surface area (Å²) in [5, 5.41) is 0.514. The first-order valence-corrected chi connectivity index (χ1v) is 14.0. The molecule has 10 heteroatoms. The monoisotopic (exact) mass is 560 g/mol. The molecular formula is C29H25ClN4O4S. The van der Waals surface area contributed by atoms with Gasteiger partial charge in [0.1, 0.15) is 29.4 Å². The number of hydrogen-bond donors (Lipinski definition) is 1. The van der Waals surface area contributed by atoms with E-state index in [1.807, 2.05) is 60.9 Å². The summed E-state index contributed by atoms with van der Waals surface area (Å²) in [5.74, 6) is 0.482. The number of nitrogens with one attached hydrogen (secondary N) is 1. The van der Waals surface area contributed by atoms with Crippen molar-refractivity contribution >= 4 is 38.7 Å². The maximum atomic E-state index is 12.9. The molecule has 2 aromatic heterocycles. The Hall–Kier alpha value is -4.21. The number of aromatic nitrogens is 3. The summed E-state index contributed by atoms with van der Waals surface area (Å²) in [6.07, 6.45) is 0. The Balaban J connectivity index is 1.36. The highest BCUT2D eigenvalue weighted by Crippen LogP contribution is 2.26. The standard InChI is InChI=1S/C29H25ClN4O4S/c1-19-8-12-24(13-9-19)39(36,37)33-29(35)27-15-14-26-28(32-27)34(20(2)31-26)17-22-10-11-23(16-25(22)30)38-18-21-6-4-3-5-7-21/h3-16H,17-18H2,1-2H3,(H,33,35). The molecule has 8 nitrogen and oxygen atoms in total. The van der Waals surface area contributed by atoms with E-state index in [4.69, 9.17) is 16.3 Å². The van der Waals surface area contributed by atoms with Crippen molar-refractivity contribution in [1.82, 2.24) is 19.3 Å². The fourth-order valence-electron chi connectivity index (χ4n) is 4.04. The normalized spacial score (nSPS) is 11.5. The van der Waals surface area contributed by atoms with Crippen LogP contribution in [0.1, 0.15) is 33.0 Å². The number of carbonyl (C=O) groups is 1. The molecule has 1 N–H and O–H groups in total. The third kappa shape index (κ3) is 5.94. The number of carbonyl (C=O) groups excluding carboxylic acids is 1. The summed E-state index contributed by atoms with van der Waals surface area (Å²) >= 11 is 6.59. The van der Waals surface area contributed by atoms with E-state index in [0.29, 0.717) is 40.9 Å². The molecular weight excluding hydrogens is 536 g/mol. The van der Waals surface area contributed by atoms with Gasteiger partial charge < -0.3 is 9.30 Å². The van der Waals surface area contributed by atoms with E-state index in [0.717, 1.165) is 16.7 Å². The van der Waals surface area contributed by atoms with Crippen molar-refractivity contribution in [2.24, 2.45) is 0 Å². The second kappa shape index (κ2) is 10.9. The lowest BCUT2D eigenvalue weighted by Crippen LogP contribution is -2.31. The van der Waals surface area contributed by atoms with Crippen LogP contribution in [0, 0.1) is 13.8 Å². The lowest BCUT2D eigenvalue weighted by atomic mass is 10.2. The quantitative estimate of drug-likeness (QED) is 0.271. The van der Waals surface area contributed by atoms with Crippen LogP contribution >= 0.6 is 11.6 Å². The molecule has 0 unspecified atom stereocenters. The predicted molar refractivity (Wildman–Crippen MR) is 149 cm³/mol. The molecule has 1 amide bonds. The number of pyridine rings is 1. The molecule has 39 heavy (non-hydrogen) atoms. The maximum Gasteiger partial charge on any atom is 0.283 e. The molecule has 0 atom stereocenters. The SMILES string of the molecule is Cc1ccc(S(=O)(=O)NC(=O)c2ccc3nc(C)n(Cc4ccc(OCc5ccccc5)cc4Cl)c3n2)cc1. The minimum absolute atomic E-state index is 0.00532. The zero-order valence-corrected chi connectivity index (χ0v) is 22.8. The number of benzene rings is 3. The average Bonchev–Trinajstić information content (AvgIpc) is 3.23. The molecule has 0 fully saturated rings.